The summed E-state index contributed by atoms with van der Waals surface area (Å²) in [6.07, 6.45) is 1.94. The molecule has 0 saturated heterocycles. The molecule has 3 aromatic carbocycles. The van der Waals surface area contributed by atoms with Gasteiger partial charge < -0.3 is 0 Å². The average Bonchev–Trinajstić information content (AvgIpc) is 3.09. The number of nitrogens with zero attached hydrogens (tertiary/aromatic N) is 3. The molecule has 0 aliphatic rings. The third-order valence-electron chi connectivity index (χ3n) is 4.78. The molecule has 0 unspecified atom stereocenters. The van der Waals surface area contributed by atoms with E-state index in [1.807, 2.05) is 41.2 Å². The van der Waals surface area contributed by atoms with Crippen molar-refractivity contribution in [3.05, 3.63) is 89.0 Å². The maximum atomic E-state index is 5.00. The number of aromatic nitrogens is 3. The highest BCUT2D eigenvalue weighted by molar-refractivity contribution is 9.10. The molecule has 27 heavy (non-hydrogen) atoms. The standard InChI is InChI=1S/C23H16BrN3/c1-15-7-12-21-19(13-15)23-20(14-25-21)22(16-8-10-17(24)11-9-16)26-27(23)18-5-3-2-4-6-18/h2-14H,1H3. The van der Waals surface area contributed by atoms with Crippen molar-refractivity contribution in [2.45, 2.75) is 6.92 Å². The summed E-state index contributed by atoms with van der Waals surface area (Å²) < 4.78 is 3.09. The minimum absolute atomic E-state index is 0.942. The zero-order valence-electron chi connectivity index (χ0n) is 14.7. The number of hydrogen-bond acceptors (Lipinski definition) is 2. The third kappa shape index (κ3) is 2.73. The van der Waals surface area contributed by atoms with Crippen molar-refractivity contribution in [3.8, 4) is 16.9 Å². The molecule has 0 atom stereocenters. The third-order valence-corrected chi connectivity index (χ3v) is 5.31. The van der Waals surface area contributed by atoms with Gasteiger partial charge in [0, 0.05) is 27.0 Å². The number of halogens is 1. The summed E-state index contributed by atoms with van der Waals surface area (Å²) in [5, 5.41) is 7.17. The Morgan fingerprint density at radius 3 is 2.41 bits per heavy atom. The lowest BCUT2D eigenvalue weighted by Crippen LogP contribution is -1.97. The molecule has 0 aliphatic heterocycles. The minimum Gasteiger partial charge on any atom is -0.255 e. The van der Waals surface area contributed by atoms with E-state index in [-0.39, 0.29) is 0 Å². The lowest BCUT2D eigenvalue weighted by Gasteiger charge is -2.06. The van der Waals surface area contributed by atoms with Gasteiger partial charge in [0.05, 0.1) is 16.7 Å². The van der Waals surface area contributed by atoms with Gasteiger partial charge in [-0.15, -0.1) is 0 Å². The average molecular weight is 414 g/mol. The van der Waals surface area contributed by atoms with Crippen LogP contribution in [-0.2, 0) is 0 Å². The quantitative estimate of drug-likeness (QED) is 0.339. The summed E-state index contributed by atoms with van der Waals surface area (Å²) in [5.74, 6) is 0. The second kappa shape index (κ2) is 6.32. The van der Waals surface area contributed by atoms with E-state index < -0.39 is 0 Å². The second-order valence-corrected chi connectivity index (χ2v) is 7.56. The van der Waals surface area contributed by atoms with Crippen LogP contribution in [0.3, 0.4) is 0 Å². The summed E-state index contributed by atoms with van der Waals surface area (Å²) >= 11 is 3.51. The number of aryl methyl sites for hydroxylation is 1. The molecule has 2 heterocycles. The summed E-state index contributed by atoms with van der Waals surface area (Å²) in [7, 11) is 0. The molecule has 130 valence electrons. The molecule has 0 bridgehead atoms. The Kier molecular flexibility index (Phi) is 3.80. The van der Waals surface area contributed by atoms with Gasteiger partial charge in [0.25, 0.3) is 0 Å². The first-order valence-electron chi connectivity index (χ1n) is 8.80. The van der Waals surface area contributed by atoms with Crippen molar-refractivity contribution >= 4 is 37.7 Å². The zero-order valence-corrected chi connectivity index (χ0v) is 16.3. The van der Waals surface area contributed by atoms with E-state index in [9.17, 15) is 0 Å². The van der Waals surface area contributed by atoms with Gasteiger partial charge in [0.2, 0.25) is 0 Å². The summed E-state index contributed by atoms with van der Waals surface area (Å²) in [6.45, 7) is 2.11. The SMILES string of the molecule is Cc1ccc2ncc3c(-c4ccc(Br)cc4)nn(-c4ccccc4)c3c2c1. The van der Waals surface area contributed by atoms with Crippen molar-refractivity contribution in [2.24, 2.45) is 0 Å². The van der Waals surface area contributed by atoms with Crippen LogP contribution in [0.5, 0.6) is 0 Å². The van der Waals surface area contributed by atoms with E-state index >= 15 is 0 Å². The smallest absolute Gasteiger partial charge is 0.102 e. The number of fused-ring (bicyclic) bond motifs is 3. The Bertz CT molecular complexity index is 1270. The van der Waals surface area contributed by atoms with E-state index in [0.717, 1.165) is 43.2 Å². The number of hydrogen-bond donors (Lipinski definition) is 0. The molecular weight excluding hydrogens is 398 g/mol. The summed E-state index contributed by atoms with van der Waals surface area (Å²) in [4.78, 5) is 4.70. The van der Waals surface area contributed by atoms with Gasteiger partial charge in [-0.25, -0.2) is 4.68 Å². The molecule has 0 fully saturated rings. The molecule has 4 heteroatoms. The molecule has 3 nitrogen and oxygen atoms in total. The van der Waals surface area contributed by atoms with Crippen molar-refractivity contribution in [3.63, 3.8) is 0 Å². The maximum Gasteiger partial charge on any atom is 0.102 e. The minimum atomic E-state index is 0.942. The molecule has 5 aromatic rings. The van der Waals surface area contributed by atoms with Crippen LogP contribution in [-0.4, -0.2) is 14.8 Å². The van der Waals surface area contributed by atoms with Gasteiger partial charge in [0.15, 0.2) is 0 Å². The molecule has 0 amide bonds. The topological polar surface area (TPSA) is 30.7 Å². The fourth-order valence-corrected chi connectivity index (χ4v) is 3.74. The second-order valence-electron chi connectivity index (χ2n) is 6.64. The molecule has 5 rings (SSSR count). The van der Waals surface area contributed by atoms with E-state index in [4.69, 9.17) is 10.1 Å². The van der Waals surface area contributed by atoms with Crippen molar-refractivity contribution < 1.29 is 0 Å². The Balaban J connectivity index is 1.91. The Morgan fingerprint density at radius 1 is 0.852 bits per heavy atom. The van der Waals surface area contributed by atoms with Crippen LogP contribution in [0.2, 0.25) is 0 Å². The van der Waals surface area contributed by atoms with Gasteiger partial charge in [-0.1, -0.05) is 57.9 Å². The van der Waals surface area contributed by atoms with E-state index in [1.54, 1.807) is 0 Å². The molecular formula is C23H16BrN3. The predicted octanol–water partition coefficient (Wildman–Crippen LogP) is 6.31. The summed E-state index contributed by atoms with van der Waals surface area (Å²) in [5.41, 5.74) is 6.34. The monoisotopic (exact) mass is 413 g/mol. The van der Waals surface area contributed by atoms with Crippen LogP contribution >= 0.6 is 15.9 Å². The first kappa shape index (κ1) is 16.2. The van der Waals surface area contributed by atoms with Crippen molar-refractivity contribution in [1.29, 1.82) is 0 Å². The van der Waals surface area contributed by atoms with Crippen LogP contribution < -0.4 is 0 Å². The molecule has 0 radical (unpaired) electrons. The van der Waals surface area contributed by atoms with E-state index in [1.165, 1.54) is 5.56 Å². The predicted molar refractivity (Wildman–Crippen MR) is 114 cm³/mol. The molecule has 0 spiro atoms. The molecule has 0 N–H and O–H groups in total. The van der Waals surface area contributed by atoms with Crippen LogP contribution in [0.25, 0.3) is 38.8 Å². The first-order chi connectivity index (χ1) is 13.2. The van der Waals surface area contributed by atoms with Crippen LogP contribution in [0, 0.1) is 6.92 Å². The lowest BCUT2D eigenvalue weighted by atomic mass is 10.1. The van der Waals surface area contributed by atoms with Crippen molar-refractivity contribution in [1.82, 2.24) is 14.8 Å². The van der Waals surface area contributed by atoms with Crippen LogP contribution in [0.4, 0.5) is 0 Å². The summed E-state index contributed by atoms with van der Waals surface area (Å²) in [6, 6.07) is 24.9. The van der Waals surface area contributed by atoms with Crippen molar-refractivity contribution in [2.75, 3.05) is 0 Å². The van der Waals surface area contributed by atoms with Gasteiger partial charge in [0.1, 0.15) is 5.69 Å². The highest BCUT2D eigenvalue weighted by atomic mass is 79.9. The van der Waals surface area contributed by atoms with Gasteiger partial charge >= 0.3 is 0 Å². The number of pyridine rings is 1. The maximum absolute atomic E-state index is 5.00. The van der Waals surface area contributed by atoms with Crippen LogP contribution in [0.15, 0.2) is 83.5 Å². The molecule has 2 aromatic heterocycles. The molecule has 0 aliphatic carbocycles. The fourth-order valence-electron chi connectivity index (χ4n) is 3.47. The van der Waals surface area contributed by atoms with E-state index in [0.29, 0.717) is 0 Å². The number of para-hydroxylation sites is 1. The number of benzene rings is 3. The normalized spacial score (nSPS) is 11.3. The first-order valence-corrected chi connectivity index (χ1v) is 9.59. The van der Waals surface area contributed by atoms with Crippen LogP contribution in [0.1, 0.15) is 5.56 Å². The highest BCUT2D eigenvalue weighted by Gasteiger charge is 2.17. The van der Waals surface area contributed by atoms with Gasteiger partial charge in [-0.05, 0) is 43.3 Å². The fraction of sp³-hybridized carbons (Fsp3) is 0.0435. The zero-order chi connectivity index (χ0) is 18.4. The number of rotatable bonds is 2. The molecule has 0 saturated carbocycles. The Labute approximate surface area is 165 Å². The lowest BCUT2D eigenvalue weighted by molar-refractivity contribution is 0.917. The van der Waals surface area contributed by atoms with Gasteiger partial charge in [-0.2, -0.15) is 5.10 Å². The highest BCUT2D eigenvalue weighted by Crippen LogP contribution is 2.34. The van der Waals surface area contributed by atoms with E-state index in [2.05, 4.69) is 65.3 Å². The Morgan fingerprint density at radius 2 is 1.63 bits per heavy atom. The largest absolute Gasteiger partial charge is 0.255 e. The Hall–Kier alpha value is -2.98. The van der Waals surface area contributed by atoms with Gasteiger partial charge in [-0.3, -0.25) is 4.98 Å².